The molecule has 2 atom stereocenters. The number of carbonyl (C=O) groups excluding carboxylic acids is 1. The maximum absolute atomic E-state index is 12.1. The fourth-order valence-electron chi connectivity index (χ4n) is 2.21. The molecule has 1 amide bonds. The van der Waals surface area contributed by atoms with E-state index in [0.717, 1.165) is 11.3 Å². The fraction of sp³-hybridized carbons (Fsp3) is 0.375. The van der Waals surface area contributed by atoms with E-state index in [9.17, 15) is 9.90 Å². The van der Waals surface area contributed by atoms with Crippen molar-refractivity contribution < 1.29 is 9.90 Å². The minimum absolute atomic E-state index is 0.0196. The fourth-order valence-corrected chi connectivity index (χ4v) is 2.83. The summed E-state index contributed by atoms with van der Waals surface area (Å²) in [4.78, 5) is 12.1. The highest BCUT2D eigenvalue weighted by Gasteiger charge is 2.17. The number of carbonyl (C=O) groups is 1. The third-order valence-electron chi connectivity index (χ3n) is 3.50. The van der Waals surface area contributed by atoms with Gasteiger partial charge in [-0.3, -0.25) is 4.79 Å². The van der Waals surface area contributed by atoms with Gasteiger partial charge in [0.05, 0.1) is 18.7 Å². The third kappa shape index (κ3) is 4.35. The first kappa shape index (κ1) is 16.6. The molecule has 118 valence electrons. The number of amides is 1. The van der Waals surface area contributed by atoms with E-state index < -0.39 is 0 Å². The molecule has 1 aromatic heterocycles. The van der Waals surface area contributed by atoms with Gasteiger partial charge in [-0.1, -0.05) is 12.1 Å². The van der Waals surface area contributed by atoms with Gasteiger partial charge in [0.25, 0.3) is 0 Å². The van der Waals surface area contributed by atoms with Crippen LogP contribution in [0.1, 0.15) is 12.5 Å². The molecule has 6 heteroatoms. The van der Waals surface area contributed by atoms with E-state index in [1.54, 1.807) is 22.6 Å². The van der Waals surface area contributed by atoms with Crippen molar-refractivity contribution in [2.75, 3.05) is 12.9 Å². The van der Waals surface area contributed by atoms with Gasteiger partial charge in [0.1, 0.15) is 0 Å². The van der Waals surface area contributed by atoms with Gasteiger partial charge in [-0.05, 0) is 36.9 Å². The number of thioether (sulfide) groups is 1. The van der Waals surface area contributed by atoms with Crippen LogP contribution in [-0.4, -0.2) is 44.9 Å². The molecule has 22 heavy (non-hydrogen) atoms. The number of aliphatic hydroxyl groups is 1. The zero-order chi connectivity index (χ0) is 15.9. The number of nitrogens with zero attached hydrogens (tertiary/aromatic N) is 2. The van der Waals surface area contributed by atoms with Gasteiger partial charge in [0.15, 0.2) is 0 Å². The van der Waals surface area contributed by atoms with Crippen LogP contribution in [0.4, 0.5) is 0 Å². The second-order valence-electron chi connectivity index (χ2n) is 5.11. The molecule has 1 heterocycles. The second-order valence-corrected chi connectivity index (χ2v) is 6.18. The van der Waals surface area contributed by atoms with Crippen molar-refractivity contribution >= 4 is 17.7 Å². The predicted octanol–water partition coefficient (Wildman–Crippen LogP) is 1.64. The highest BCUT2D eigenvalue weighted by Crippen LogP contribution is 2.12. The Balaban J connectivity index is 1.92. The summed E-state index contributed by atoms with van der Waals surface area (Å²) < 4.78 is 1.77. The number of hydrogen-bond donors (Lipinski definition) is 2. The quantitative estimate of drug-likeness (QED) is 0.814. The first-order chi connectivity index (χ1) is 10.6. The normalized spacial score (nSPS) is 13.6. The van der Waals surface area contributed by atoms with E-state index in [0.29, 0.717) is 6.42 Å². The zero-order valence-corrected chi connectivity index (χ0v) is 13.6. The summed E-state index contributed by atoms with van der Waals surface area (Å²) in [6, 6.07) is 9.55. The average Bonchev–Trinajstić information content (AvgIpc) is 3.03. The minimum Gasteiger partial charge on any atom is -0.395 e. The van der Waals surface area contributed by atoms with Crippen LogP contribution in [0.2, 0.25) is 0 Å². The molecule has 0 aliphatic rings. The van der Waals surface area contributed by atoms with Gasteiger partial charge in [-0.2, -0.15) is 16.9 Å². The molecule has 0 aliphatic heterocycles. The lowest BCUT2D eigenvalue weighted by Crippen LogP contribution is -2.41. The van der Waals surface area contributed by atoms with Crippen molar-refractivity contribution in [2.24, 2.45) is 0 Å². The molecule has 0 saturated heterocycles. The summed E-state index contributed by atoms with van der Waals surface area (Å²) >= 11 is 1.55. The van der Waals surface area contributed by atoms with Crippen LogP contribution in [0.3, 0.4) is 0 Å². The number of benzene rings is 1. The lowest BCUT2D eigenvalue weighted by molar-refractivity contribution is -0.121. The highest BCUT2D eigenvalue weighted by molar-refractivity contribution is 7.99. The Morgan fingerprint density at radius 2 is 2.14 bits per heavy atom. The second kappa shape index (κ2) is 8.00. The first-order valence-electron chi connectivity index (χ1n) is 7.16. The Morgan fingerprint density at radius 3 is 2.68 bits per heavy atom. The molecule has 0 unspecified atom stereocenters. The van der Waals surface area contributed by atoms with Crippen LogP contribution in [0, 0.1) is 0 Å². The smallest absolute Gasteiger partial charge is 0.224 e. The van der Waals surface area contributed by atoms with E-state index in [4.69, 9.17) is 0 Å². The molecule has 1 aromatic carbocycles. The largest absolute Gasteiger partial charge is 0.395 e. The Kier molecular flexibility index (Phi) is 6.03. The highest BCUT2D eigenvalue weighted by atomic mass is 32.2. The van der Waals surface area contributed by atoms with Gasteiger partial charge < -0.3 is 10.4 Å². The molecular weight excluding hydrogens is 298 g/mol. The SMILES string of the molecule is CS[C@H](CO)[C@@H](C)NC(=O)Cc1ccc(-n2cccn2)cc1. The lowest BCUT2D eigenvalue weighted by atomic mass is 10.1. The van der Waals surface area contributed by atoms with Gasteiger partial charge in [0, 0.05) is 23.7 Å². The average molecular weight is 319 g/mol. The van der Waals surface area contributed by atoms with Crippen molar-refractivity contribution in [3.63, 3.8) is 0 Å². The Morgan fingerprint density at radius 1 is 1.41 bits per heavy atom. The van der Waals surface area contributed by atoms with E-state index in [2.05, 4.69) is 10.4 Å². The third-order valence-corrected chi connectivity index (χ3v) is 4.66. The van der Waals surface area contributed by atoms with Gasteiger partial charge in [-0.15, -0.1) is 0 Å². The Hall–Kier alpha value is -1.79. The van der Waals surface area contributed by atoms with Crippen LogP contribution in [-0.2, 0) is 11.2 Å². The Labute approximate surface area is 134 Å². The molecule has 5 nitrogen and oxygen atoms in total. The number of rotatable bonds is 7. The van der Waals surface area contributed by atoms with Gasteiger partial charge in [0.2, 0.25) is 5.91 Å². The van der Waals surface area contributed by atoms with Crippen molar-refractivity contribution in [2.45, 2.75) is 24.6 Å². The molecule has 0 spiro atoms. The van der Waals surface area contributed by atoms with Gasteiger partial charge >= 0.3 is 0 Å². The molecule has 2 aromatic rings. The standard InChI is InChI=1S/C16H21N3O2S/c1-12(15(11-20)22-2)18-16(21)10-13-4-6-14(7-5-13)19-9-3-8-17-19/h3-9,12,15,20H,10-11H2,1-2H3,(H,18,21)/t12-,15-/m1/s1. The summed E-state index contributed by atoms with van der Waals surface area (Å²) in [5, 5.41) is 16.4. The van der Waals surface area contributed by atoms with Crippen LogP contribution in [0.15, 0.2) is 42.7 Å². The number of nitrogens with one attached hydrogen (secondary N) is 1. The molecule has 0 fully saturated rings. The summed E-state index contributed by atoms with van der Waals surface area (Å²) in [5.41, 5.74) is 1.91. The van der Waals surface area contributed by atoms with Crippen molar-refractivity contribution in [1.29, 1.82) is 0 Å². The lowest BCUT2D eigenvalue weighted by Gasteiger charge is -2.21. The van der Waals surface area contributed by atoms with Crippen LogP contribution < -0.4 is 5.32 Å². The molecule has 0 aliphatic carbocycles. The number of hydrogen-bond acceptors (Lipinski definition) is 4. The van der Waals surface area contributed by atoms with E-state index in [1.807, 2.05) is 49.7 Å². The monoisotopic (exact) mass is 319 g/mol. The molecule has 0 bridgehead atoms. The maximum Gasteiger partial charge on any atom is 0.224 e. The summed E-state index contributed by atoms with van der Waals surface area (Å²) in [6.07, 6.45) is 5.86. The summed E-state index contributed by atoms with van der Waals surface area (Å²) in [5.74, 6) is -0.0353. The van der Waals surface area contributed by atoms with E-state index >= 15 is 0 Å². The minimum atomic E-state index is -0.0594. The Bertz CT molecular complexity index is 580. The molecular formula is C16H21N3O2S. The maximum atomic E-state index is 12.1. The van der Waals surface area contributed by atoms with Crippen molar-refractivity contribution in [1.82, 2.24) is 15.1 Å². The zero-order valence-electron chi connectivity index (χ0n) is 12.8. The van der Waals surface area contributed by atoms with Crippen molar-refractivity contribution in [3.05, 3.63) is 48.3 Å². The topological polar surface area (TPSA) is 67.2 Å². The van der Waals surface area contributed by atoms with Crippen molar-refractivity contribution in [3.8, 4) is 5.69 Å². The summed E-state index contributed by atoms with van der Waals surface area (Å²) in [7, 11) is 0. The molecule has 0 saturated carbocycles. The molecule has 2 N–H and O–H groups in total. The summed E-state index contributed by atoms with van der Waals surface area (Å²) in [6.45, 7) is 1.97. The van der Waals surface area contributed by atoms with E-state index in [-0.39, 0.29) is 23.8 Å². The first-order valence-corrected chi connectivity index (χ1v) is 8.44. The molecule has 0 radical (unpaired) electrons. The van der Waals surface area contributed by atoms with E-state index in [1.165, 1.54) is 0 Å². The number of aliphatic hydroxyl groups excluding tert-OH is 1. The molecule has 2 rings (SSSR count). The predicted molar refractivity (Wildman–Crippen MR) is 89.3 cm³/mol. The van der Waals surface area contributed by atoms with Crippen LogP contribution in [0.5, 0.6) is 0 Å². The number of aromatic nitrogens is 2. The van der Waals surface area contributed by atoms with Gasteiger partial charge in [-0.25, -0.2) is 4.68 Å². The van der Waals surface area contributed by atoms with Crippen LogP contribution >= 0.6 is 11.8 Å². The van der Waals surface area contributed by atoms with Crippen LogP contribution in [0.25, 0.3) is 5.69 Å².